The number of nitrogens with one attached hydrogen (secondary N) is 1. The minimum Gasteiger partial charge on any atom is -0.350 e. The van der Waals surface area contributed by atoms with Gasteiger partial charge in [0.05, 0.1) is 11.3 Å². The number of halogens is 2. The first-order valence-corrected chi connectivity index (χ1v) is 8.26. The van der Waals surface area contributed by atoms with Gasteiger partial charge in [0.2, 0.25) is 5.91 Å². The molecule has 0 bridgehead atoms. The lowest BCUT2D eigenvalue weighted by Gasteiger charge is -2.13. The molecule has 106 valence electrons. The van der Waals surface area contributed by atoms with Gasteiger partial charge < -0.3 is 5.32 Å². The monoisotopic (exact) mass is 420 g/mol. The van der Waals surface area contributed by atoms with Crippen LogP contribution in [-0.2, 0) is 4.79 Å². The molecule has 0 radical (unpaired) electrons. The van der Waals surface area contributed by atoms with Crippen molar-refractivity contribution in [2.45, 2.75) is 0 Å². The molecule has 0 spiro atoms. The van der Waals surface area contributed by atoms with Crippen molar-refractivity contribution in [2.75, 3.05) is 18.8 Å². The molecule has 0 saturated carbocycles. The van der Waals surface area contributed by atoms with Crippen LogP contribution in [0.2, 0.25) is 0 Å². The summed E-state index contributed by atoms with van der Waals surface area (Å²) in [5.41, 5.74) is 0.502. The average molecular weight is 422 g/mol. The minimum absolute atomic E-state index is 0.186. The highest BCUT2D eigenvalue weighted by Crippen LogP contribution is 2.22. The van der Waals surface area contributed by atoms with Crippen molar-refractivity contribution in [3.05, 3.63) is 32.7 Å². The lowest BCUT2D eigenvalue weighted by Crippen LogP contribution is -2.37. The molecule has 2 rings (SSSR count). The molecule has 1 aromatic carbocycles. The second kappa shape index (κ2) is 6.73. The van der Waals surface area contributed by atoms with Crippen molar-refractivity contribution in [2.24, 2.45) is 0 Å². The fourth-order valence-corrected chi connectivity index (χ4v) is 3.63. The Hall–Kier alpha value is -0.860. The summed E-state index contributed by atoms with van der Waals surface area (Å²) in [6, 6.07) is 5.23. The molecule has 1 aliphatic heterocycles. The smallest absolute Gasteiger partial charge is 0.288 e. The van der Waals surface area contributed by atoms with Gasteiger partial charge in [-0.05, 0) is 34.1 Å². The van der Waals surface area contributed by atoms with Gasteiger partial charge in [-0.1, -0.05) is 27.7 Å². The predicted molar refractivity (Wildman–Crippen MR) is 83.7 cm³/mol. The maximum absolute atomic E-state index is 12.0. The predicted octanol–water partition coefficient (Wildman–Crippen LogP) is 2.64. The molecule has 1 aliphatic rings. The van der Waals surface area contributed by atoms with Crippen LogP contribution in [0.15, 0.2) is 27.1 Å². The highest BCUT2D eigenvalue weighted by molar-refractivity contribution is 9.11. The number of hydrogen-bond acceptors (Lipinski definition) is 4. The Balaban J connectivity index is 1.89. The zero-order valence-electron chi connectivity index (χ0n) is 10.2. The van der Waals surface area contributed by atoms with Crippen LogP contribution in [0.4, 0.5) is 4.79 Å². The van der Waals surface area contributed by atoms with Gasteiger partial charge in [-0.15, -0.1) is 0 Å². The van der Waals surface area contributed by atoms with Crippen molar-refractivity contribution >= 4 is 60.7 Å². The number of benzene rings is 1. The molecule has 20 heavy (non-hydrogen) atoms. The Kier molecular flexibility index (Phi) is 5.22. The van der Waals surface area contributed by atoms with Crippen LogP contribution in [0.25, 0.3) is 0 Å². The zero-order valence-corrected chi connectivity index (χ0v) is 14.2. The molecular weight excluding hydrogens is 412 g/mol. The van der Waals surface area contributed by atoms with Gasteiger partial charge in [-0.2, -0.15) is 0 Å². The molecule has 0 atom stereocenters. The molecule has 8 heteroatoms. The number of imide groups is 1. The zero-order chi connectivity index (χ0) is 14.7. The number of rotatable bonds is 4. The third-order valence-electron chi connectivity index (χ3n) is 2.64. The van der Waals surface area contributed by atoms with E-state index in [9.17, 15) is 14.4 Å². The number of carbonyl (C=O) groups excluding carboxylic acids is 3. The van der Waals surface area contributed by atoms with Gasteiger partial charge in [0, 0.05) is 22.0 Å². The van der Waals surface area contributed by atoms with E-state index in [-0.39, 0.29) is 35.9 Å². The molecule has 0 unspecified atom stereocenters. The minimum atomic E-state index is -0.255. The molecule has 3 amide bonds. The standard InChI is InChI=1S/C12H10Br2N2O3S/c13-7-1-2-8(9(14)5-7)11(18)15-3-4-16-10(17)6-20-12(16)19/h1-2,5H,3-4,6H2,(H,15,18). The number of carbonyl (C=O) groups is 3. The van der Waals surface area contributed by atoms with Gasteiger partial charge in [0.1, 0.15) is 0 Å². The third kappa shape index (κ3) is 3.62. The first-order chi connectivity index (χ1) is 9.49. The highest BCUT2D eigenvalue weighted by Gasteiger charge is 2.29. The fourth-order valence-electron chi connectivity index (χ4n) is 1.65. The van der Waals surface area contributed by atoms with Crippen LogP contribution in [0, 0.1) is 0 Å². The number of nitrogens with zero attached hydrogens (tertiary/aromatic N) is 1. The maximum atomic E-state index is 12.0. The summed E-state index contributed by atoms with van der Waals surface area (Å²) >= 11 is 7.61. The van der Waals surface area contributed by atoms with E-state index < -0.39 is 0 Å². The summed E-state index contributed by atoms with van der Waals surface area (Å²) in [4.78, 5) is 35.9. The Morgan fingerprint density at radius 2 is 2.10 bits per heavy atom. The SMILES string of the molecule is O=C(NCCN1C(=O)CSC1=O)c1ccc(Br)cc1Br. The quantitative estimate of drug-likeness (QED) is 0.811. The maximum Gasteiger partial charge on any atom is 0.288 e. The number of thioether (sulfide) groups is 1. The summed E-state index contributed by atoms with van der Waals surface area (Å²) in [5, 5.41) is 2.43. The third-order valence-corrected chi connectivity index (χ3v) is 4.65. The summed E-state index contributed by atoms with van der Waals surface area (Å²) in [7, 11) is 0. The Morgan fingerprint density at radius 1 is 1.35 bits per heavy atom. The van der Waals surface area contributed by atoms with Crippen molar-refractivity contribution < 1.29 is 14.4 Å². The van der Waals surface area contributed by atoms with E-state index in [1.165, 1.54) is 0 Å². The van der Waals surface area contributed by atoms with Gasteiger partial charge in [0.15, 0.2) is 0 Å². The van der Waals surface area contributed by atoms with Crippen LogP contribution >= 0.6 is 43.6 Å². The molecule has 1 fully saturated rings. The molecule has 1 saturated heterocycles. The van der Waals surface area contributed by atoms with Crippen molar-refractivity contribution in [1.29, 1.82) is 0 Å². The number of hydrogen-bond donors (Lipinski definition) is 1. The first kappa shape index (κ1) is 15.5. The Labute approximate surface area is 136 Å². The van der Waals surface area contributed by atoms with Crippen LogP contribution in [0.5, 0.6) is 0 Å². The lowest BCUT2D eigenvalue weighted by atomic mass is 10.2. The molecule has 5 nitrogen and oxygen atoms in total. The largest absolute Gasteiger partial charge is 0.350 e. The second-order valence-electron chi connectivity index (χ2n) is 3.98. The van der Waals surface area contributed by atoms with E-state index in [1.807, 2.05) is 0 Å². The highest BCUT2D eigenvalue weighted by atomic mass is 79.9. The van der Waals surface area contributed by atoms with Crippen LogP contribution < -0.4 is 5.32 Å². The van der Waals surface area contributed by atoms with Crippen molar-refractivity contribution in [1.82, 2.24) is 10.2 Å². The van der Waals surface area contributed by atoms with E-state index >= 15 is 0 Å². The van der Waals surface area contributed by atoms with E-state index in [1.54, 1.807) is 18.2 Å². The van der Waals surface area contributed by atoms with Crippen molar-refractivity contribution in [3.63, 3.8) is 0 Å². The molecule has 0 aromatic heterocycles. The van der Waals surface area contributed by atoms with Gasteiger partial charge >= 0.3 is 0 Å². The molecule has 1 aromatic rings. The van der Waals surface area contributed by atoms with Gasteiger partial charge in [0.25, 0.3) is 11.1 Å². The number of amides is 3. The summed E-state index contributed by atoms with van der Waals surface area (Å²) in [5.74, 6) is -0.277. The first-order valence-electron chi connectivity index (χ1n) is 5.69. The Morgan fingerprint density at radius 3 is 2.70 bits per heavy atom. The summed E-state index contributed by atoms with van der Waals surface area (Å²) in [6.07, 6.45) is 0. The molecule has 1 heterocycles. The Bertz CT molecular complexity index is 564. The van der Waals surface area contributed by atoms with Crippen LogP contribution in [0.1, 0.15) is 10.4 Å². The molecular formula is C12H10Br2N2O3S. The van der Waals surface area contributed by atoms with E-state index in [0.29, 0.717) is 10.0 Å². The van der Waals surface area contributed by atoms with E-state index in [2.05, 4.69) is 37.2 Å². The van der Waals surface area contributed by atoms with Crippen molar-refractivity contribution in [3.8, 4) is 0 Å². The van der Waals surface area contributed by atoms with Gasteiger partial charge in [-0.25, -0.2) is 0 Å². The lowest BCUT2D eigenvalue weighted by molar-refractivity contribution is -0.124. The topological polar surface area (TPSA) is 66.5 Å². The summed E-state index contributed by atoms with van der Waals surface area (Å²) in [6.45, 7) is 0.434. The van der Waals surface area contributed by atoms with Crippen LogP contribution in [0.3, 0.4) is 0 Å². The fraction of sp³-hybridized carbons (Fsp3) is 0.250. The normalized spacial score (nSPS) is 14.8. The summed E-state index contributed by atoms with van der Waals surface area (Å²) < 4.78 is 1.54. The van der Waals surface area contributed by atoms with Crippen LogP contribution in [-0.4, -0.2) is 40.8 Å². The molecule has 0 aliphatic carbocycles. The second-order valence-corrected chi connectivity index (χ2v) is 6.68. The van der Waals surface area contributed by atoms with E-state index in [0.717, 1.165) is 21.1 Å². The van der Waals surface area contributed by atoms with Gasteiger partial charge in [-0.3, -0.25) is 19.3 Å². The average Bonchev–Trinajstić information content (AvgIpc) is 2.70. The molecule has 1 N–H and O–H groups in total. The van der Waals surface area contributed by atoms with E-state index in [4.69, 9.17) is 0 Å².